The van der Waals surface area contributed by atoms with Crippen LogP contribution in [0.15, 0.2) is 30.4 Å². The fraction of sp³-hybridized carbons (Fsp3) is 0.0833. The Morgan fingerprint density at radius 1 is 1.30 bits per heavy atom. The third-order valence-corrected chi connectivity index (χ3v) is 2.37. The number of hydrogen-bond donors (Lipinski definition) is 3. The van der Waals surface area contributed by atoms with Crippen molar-refractivity contribution in [2.24, 2.45) is 0 Å². The Kier molecular flexibility index (Phi) is 5.55. The van der Waals surface area contributed by atoms with Crippen molar-refractivity contribution in [1.82, 2.24) is 5.32 Å². The van der Waals surface area contributed by atoms with E-state index < -0.39 is 17.9 Å². The van der Waals surface area contributed by atoms with Crippen LogP contribution in [0.25, 0.3) is 0 Å². The number of anilines is 1. The van der Waals surface area contributed by atoms with Crippen molar-refractivity contribution >= 4 is 35.2 Å². The molecular formula is C12H11ClN2O5. The number of amides is 3. The van der Waals surface area contributed by atoms with Crippen molar-refractivity contribution in [3.63, 3.8) is 0 Å². The van der Waals surface area contributed by atoms with E-state index in [4.69, 9.17) is 21.4 Å². The first-order chi connectivity index (χ1) is 9.42. The Balaban J connectivity index is 2.67. The van der Waals surface area contributed by atoms with Crippen LogP contribution in [0.2, 0.25) is 5.02 Å². The van der Waals surface area contributed by atoms with Gasteiger partial charge in [-0.3, -0.25) is 10.1 Å². The molecule has 0 aliphatic rings. The summed E-state index contributed by atoms with van der Waals surface area (Å²) in [6.07, 6.45) is 1.33. The van der Waals surface area contributed by atoms with Crippen LogP contribution >= 0.6 is 11.6 Å². The number of carbonyl (C=O) groups excluding carboxylic acids is 2. The zero-order valence-corrected chi connectivity index (χ0v) is 11.1. The van der Waals surface area contributed by atoms with Crippen LogP contribution in [-0.4, -0.2) is 30.1 Å². The van der Waals surface area contributed by atoms with E-state index in [1.165, 1.54) is 19.2 Å². The molecule has 0 saturated heterocycles. The number of carboxylic acid groups (broad SMARTS) is 1. The van der Waals surface area contributed by atoms with Crippen LogP contribution in [0.3, 0.4) is 0 Å². The minimum atomic E-state index is -1.30. The van der Waals surface area contributed by atoms with E-state index in [1.54, 1.807) is 6.07 Å². The number of hydrogen-bond acceptors (Lipinski definition) is 4. The molecule has 1 aromatic rings. The van der Waals surface area contributed by atoms with Gasteiger partial charge in [0.05, 0.1) is 17.8 Å². The first-order valence-corrected chi connectivity index (χ1v) is 5.66. The summed E-state index contributed by atoms with van der Waals surface area (Å²) in [5.74, 6) is -1.69. The van der Waals surface area contributed by atoms with Gasteiger partial charge in [-0.05, 0) is 12.1 Å². The Bertz CT molecular complexity index is 571. The van der Waals surface area contributed by atoms with Crippen LogP contribution in [0, 0.1) is 0 Å². The highest BCUT2D eigenvalue weighted by Gasteiger charge is 2.09. The lowest BCUT2D eigenvalue weighted by Gasteiger charge is -2.08. The largest absolute Gasteiger partial charge is 0.497 e. The molecule has 7 nitrogen and oxygen atoms in total. The summed E-state index contributed by atoms with van der Waals surface area (Å²) in [5.41, 5.74) is 0.249. The Labute approximate surface area is 119 Å². The van der Waals surface area contributed by atoms with Crippen molar-refractivity contribution in [2.75, 3.05) is 12.4 Å². The number of methoxy groups -OCH3 is 1. The van der Waals surface area contributed by atoms with Crippen molar-refractivity contribution < 1.29 is 24.2 Å². The lowest BCUT2D eigenvalue weighted by Crippen LogP contribution is -2.33. The molecule has 0 aliphatic carbocycles. The number of imide groups is 1. The molecule has 0 saturated carbocycles. The van der Waals surface area contributed by atoms with Gasteiger partial charge in [0.2, 0.25) is 0 Å². The predicted molar refractivity (Wildman–Crippen MR) is 71.9 cm³/mol. The monoisotopic (exact) mass is 298 g/mol. The number of rotatable bonds is 4. The normalized spacial score (nSPS) is 10.1. The summed E-state index contributed by atoms with van der Waals surface area (Å²) in [7, 11) is 1.45. The van der Waals surface area contributed by atoms with E-state index in [0.717, 1.165) is 6.08 Å². The number of halogens is 1. The molecule has 0 aromatic heterocycles. The molecule has 106 valence electrons. The fourth-order valence-electron chi connectivity index (χ4n) is 1.18. The number of urea groups is 1. The molecular weight excluding hydrogens is 288 g/mol. The second-order valence-electron chi connectivity index (χ2n) is 3.46. The van der Waals surface area contributed by atoms with E-state index in [2.05, 4.69) is 5.32 Å². The molecule has 3 amide bonds. The molecule has 1 aromatic carbocycles. The first kappa shape index (κ1) is 15.5. The van der Waals surface area contributed by atoms with Crippen LogP contribution in [-0.2, 0) is 9.59 Å². The Hall–Kier alpha value is -2.54. The maximum atomic E-state index is 11.5. The number of carbonyl (C=O) groups is 3. The quantitative estimate of drug-likeness (QED) is 0.733. The Morgan fingerprint density at radius 3 is 2.60 bits per heavy atom. The van der Waals surface area contributed by atoms with Crippen molar-refractivity contribution in [2.45, 2.75) is 0 Å². The molecule has 3 N–H and O–H groups in total. The highest BCUT2D eigenvalue weighted by Crippen LogP contribution is 2.26. The smallest absolute Gasteiger partial charge is 0.328 e. The maximum Gasteiger partial charge on any atom is 0.328 e. The SMILES string of the molecule is COc1ccc(Cl)c(NC(=O)NC(=O)C=CC(=O)O)c1. The van der Waals surface area contributed by atoms with E-state index in [9.17, 15) is 14.4 Å². The number of nitrogens with one attached hydrogen (secondary N) is 2. The highest BCUT2D eigenvalue weighted by atomic mass is 35.5. The first-order valence-electron chi connectivity index (χ1n) is 5.29. The number of carboxylic acids is 1. The van der Waals surface area contributed by atoms with E-state index in [1.807, 2.05) is 5.32 Å². The summed E-state index contributed by atoms with van der Waals surface area (Å²) in [6, 6.07) is 3.74. The van der Waals surface area contributed by atoms with Gasteiger partial charge in [-0.15, -0.1) is 0 Å². The molecule has 0 bridgehead atoms. The van der Waals surface area contributed by atoms with E-state index in [-0.39, 0.29) is 10.7 Å². The molecule has 0 fully saturated rings. The standard InChI is InChI=1S/C12H11ClN2O5/c1-20-7-2-3-8(13)9(6-7)14-12(19)15-10(16)4-5-11(17)18/h2-6H,1H3,(H,17,18)(H2,14,15,16,19). The van der Waals surface area contributed by atoms with Crippen molar-refractivity contribution in [1.29, 1.82) is 0 Å². The van der Waals surface area contributed by atoms with Crippen LogP contribution in [0.1, 0.15) is 0 Å². The van der Waals surface area contributed by atoms with Crippen LogP contribution < -0.4 is 15.4 Å². The number of aliphatic carboxylic acids is 1. The summed E-state index contributed by atoms with van der Waals surface area (Å²) >= 11 is 5.86. The van der Waals surface area contributed by atoms with Gasteiger partial charge in [-0.2, -0.15) is 0 Å². The molecule has 20 heavy (non-hydrogen) atoms. The molecule has 0 radical (unpaired) electrons. The summed E-state index contributed by atoms with van der Waals surface area (Å²) < 4.78 is 4.96. The van der Waals surface area contributed by atoms with Crippen molar-refractivity contribution in [3.05, 3.63) is 35.4 Å². The summed E-state index contributed by atoms with van der Waals surface area (Å²) in [6.45, 7) is 0. The van der Waals surface area contributed by atoms with Crippen LogP contribution in [0.4, 0.5) is 10.5 Å². The second-order valence-corrected chi connectivity index (χ2v) is 3.87. The van der Waals surface area contributed by atoms with Gasteiger partial charge in [0.1, 0.15) is 5.75 Å². The van der Waals surface area contributed by atoms with Gasteiger partial charge >= 0.3 is 12.0 Å². The molecule has 0 aliphatic heterocycles. The summed E-state index contributed by atoms with van der Waals surface area (Å²) in [4.78, 5) is 32.9. The number of ether oxygens (including phenoxy) is 1. The number of benzene rings is 1. The molecule has 0 heterocycles. The predicted octanol–water partition coefficient (Wildman–Crippen LogP) is 1.64. The minimum absolute atomic E-state index is 0.249. The third-order valence-electron chi connectivity index (χ3n) is 2.04. The third kappa shape index (κ3) is 4.99. The van der Waals surface area contributed by atoms with Gasteiger partial charge in [-0.25, -0.2) is 9.59 Å². The molecule has 8 heteroatoms. The average molecular weight is 299 g/mol. The topological polar surface area (TPSA) is 105 Å². The zero-order valence-electron chi connectivity index (χ0n) is 10.3. The van der Waals surface area contributed by atoms with Gasteiger partial charge in [-0.1, -0.05) is 11.6 Å². The lowest BCUT2D eigenvalue weighted by atomic mass is 10.3. The lowest BCUT2D eigenvalue weighted by molar-refractivity contribution is -0.131. The van der Waals surface area contributed by atoms with E-state index >= 15 is 0 Å². The fourth-order valence-corrected chi connectivity index (χ4v) is 1.35. The molecule has 0 unspecified atom stereocenters. The van der Waals surface area contributed by atoms with Crippen molar-refractivity contribution in [3.8, 4) is 5.75 Å². The van der Waals surface area contributed by atoms with Crippen LogP contribution in [0.5, 0.6) is 5.75 Å². The molecule has 1 rings (SSSR count). The van der Waals surface area contributed by atoms with E-state index in [0.29, 0.717) is 11.8 Å². The maximum absolute atomic E-state index is 11.5. The zero-order chi connectivity index (χ0) is 15.1. The highest BCUT2D eigenvalue weighted by molar-refractivity contribution is 6.33. The van der Waals surface area contributed by atoms with Gasteiger partial charge in [0, 0.05) is 18.2 Å². The summed E-state index contributed by atoms with van der Waals surface area (Å²) in [5, 5.41) is 12.8. The average Bonchev–Trinajstić information content (AvgIpc) is 2.39. The second kappa shape index (κ2) is 7.15. The van der Waals surface area contributed by atoms with Gasteiger partial charge in [0.15, 0.2) is 0 Å². The Morgan fingerprint density at radius 2 is 2.00 bits per heavy atom. The van der Waals surface area contributed by atoms with Gasteiger partial charge < -0.3 is 15.2 Å². The molecule has 0 atom stereocenters. The molecule has 0 spiro atoms. The van der Waals surface area contributed by atoms with Gasteiger partial charge in [0.25, 0.3) is 5.91 Å². The minimum Gasteiger partial charge on any atom is -0.497 e.